The summed E-state index contributed by atoms with van der Waals surface area (Å²) in [5.41, 5.74) is 1.28. The number of para-hydroxylation sites is 1. The summed E-state index contributed by atoms with van der Waals surface area (Å²) >= 11 is 0. The molecule has 0 fully saturated rings. The third-order valence-electron chi connectivity index (χ3n) is 6.45. The van der Waals surface area contributed by atoms with Crippen LogP contribution in [0.4, 0.5) is 0 Å². The van der Waals surface area contributed by atoms with Gasteiger partial charge in [0.1, 0.15) is 12.4 Å². The number of rotatable bonds is 35. The summed E-state index contributed by atoms with van der Waals surface area (Å²) in [6.45, 7) is 9.03. The van der Waals surface area contributed by atoms with E-state index in [1.165, 1.54) is 50.5 Å². The smallest absolute Gasteiger partial charge is 0.471 e. The van der Waals surface area contributed by atoms with E-state index in [9.17, 15) is 4.57 Å². The van der Waals surface area contributed by atoms with E-state index in [1.807, 2.05) is 12.1 Å². The molecule has 0 heterocycles. The predicted octanol–water partition coefficient (Wildman–Crippen LogP) is 5.24. The fourth-order valence-corrected chi connectivity index (χ4v) is 4.43. The van der Waals surface area contributed by atoms with Crippen LogP contribution in [0.2, 0.25) is 0 Å². The average molecular weight is 667 g/mol. The van der Waals surface area contributed by atoms with Gasteiger partial charge in [0.25, 0.3) is 0 Å². The normalized spacial score (nSPS) is 12.9. The van der Waals surface area contributed by atoms with Gasteiger partial charge in [0, 0.05) is 7.11 Å². The lowest BCUT2D eigenvalue weighted by atomic mass is 10.0. The molecule has 0 radical (unpaired) electrons. The summed E-state index contributed by atoms with van der Waals surface area (Å²) in [6.07, 6.45) is 10.2. The first kappa shape index (κ1) is 41.9. The van der Waals surface area contributed by atoms with E-state index in [-0.39, 0.29) is 13.2 Å². The zero-order valence-corrected chi connectivity index (χ0v) is 28.6. The SMILES string of the molecule is CCCCCCCCCc1ccccc1OCCOCCOCCOCCOCCOCCOCCOCCOP(=O)(O)OC. The van der Waals surface area contributed by atoms with Crippen molar-refractivity contribution >= 4 is 7.82 Å². The van der Waals surface area contributed by atoms with Crippen molar-refractivity contribution in [1.29, 1.82) is 0 Å². The van der Waals surface area contributed by atoms with Gasteiger partial charge in [0.15, 0.2) is 0 Å². The third-order valence-corrected chi connectivity index (χ3v) is 7.42. The minimum absolute atomic E-state index is 0.0359. The Balaban J connectivity index is 1.79. The Morgan fingerprint density at radius 3 is 1.42 bits per heavy atom. The van der Waals surface area contributed by atoms with Crippen molar-refractivity contribution in [3.63, 3.8) is 0 Å². The first-order chi connectivity index (χ1) is 22.1. The van der Waals surface area contributed by atoms with Gasteiger partial charge in [-0.25, -0.2) is 4.57 Å². The van der Waals surface area contributed by atoms with Crippen LogP contribution >= 0.6 is 7.82 Å². The lowest BCUT2D eigenvalue weighted by Crippen LogP contribution is -2.15. The zero-order chi connectivity index (χ0) is 32.5. The second-order valence-electron chi connectivity index (χ2n) is 10.1. The molecule has 0 spiro atoms. The number of phosphoric acid groups is 1. The molecule has 0 aliphatic carbocycles. The van der Waals surface area contributed by atoms with Crippen LogP contribution in [-0.2, 0) is 53.2 Å². The standard InChI is InChI=1S/C32H59O12P/c1-3-4-5-6-7-8-9-12-31-13-10-11-14-32(31)43-29-27-41-25-23-39-21-19-37-17-15-36-16-18-38-20-22-40-24-26-42-28-30-44-45(33,34)35-2/h10-11,13-14H,3-9,12,15-30H2,1-2H3,(H,33,34). The van der Waals surface area contributed by atoms with Gasteiger partial charge in [-0.05, 0) is 24.5 Å². The highest BCUT2D eigenvalue weighted by Crippen LogP contribution is 2.41. The number of aryl methyl sites for hydroxylation is 1. The van der Waals surface area contributed by atoms with Gasteiger partial charge in [-0.15, -0.1) is 0 Å². The van der Waals surface area contributed by atoms with Crippen LogP contribution in [0.1, 0.15) is 57.4 Å². The summed E-state index contributed by atoms with van der Waals surface area (Å²) in [4.78, 5) is 9.05. The van der Waals surface area contributed by atoms with E-state index >= 15 is 0 Å². The highest BCUT2D eigenvalue weighted by Gasteiger charge is 2.17. The maximum Gasteiger partial charge on any atom is 0.471 e. The largest absolute Gasteiger partial charge is 0.491 e. The average Bonchev–Trinajstić information content (AvgIpc) is 3.04. The highest BCUT2D eigenvalue weighted by molar-refractivity contribution is 7.47. The molecule has 45 heavy (non-hydrogen) atoms. The first-order valence-corrected chi connectivity index (χ1v) is 17.9. The quantitative estimate of drug-likeness (QED) is 0.0752. The van der Waals surface area contributed by atoms with Gasteiger partial charge in [0.05, 0.1) is 99.1 Å². The van der Waals surface area contributed by atoms with Crippen LogP contribution < -0.4 is 4.74 Å². The van der Waals surface area contributed by atoms with Crippen LogP contribution in [0, 0.1) is 0 Å². The Labute approximate surface area is 270 Å². The lowest BCUT2D eigenvalue weighted by Gasteiger charge is -2.12. The van der Waals surface area contributed by atoms with E-state index in [0.29, 0.717) is 92.5 Å². The zero-order valence-electron chi connectivity index (χ0n) is 27.7. The summed E-state index contributed by atoms with van der Waals surface area (Å²) in [7, 11) is -2.84. The molecule has 1 unspecified atom stereocenters. The molecule has 12 nitrogen and oxygen atoms in total. The van der Waals surface area contributed by atoms with Crippen molar-refractivity contribution in [2.75, 3.05) is 113 Å². The molecule has 0 bridgehead atoms. The van der Waals surface area contributed by atoms with Crippen LogP contribution in [0.3, 0.4) is 0 Å². The maximum atomic E-state index is 11.1. The molecule has 0 amide bonds. The topological polar surface area (TPSA) is 130 Å². The van der Waals surface area contributed by atoms with Crippen molar-refractivity contribution in [3.8, 4) is 5.75 Å². The van der Waals surface area contributed by atoms with Crippen LogP contribution in [0.15, 0.2) is 24.3 Å². The first-order valence-electron chi connectivity index (χ1n) is 16.4. The van der Waals surface area contributed by atoms with Crippen molar-refractivity contribution in [2.24, 2.45) is 0 Å². The van der Waals surface area contributed by atoms with Crippen LogP contribution in [0.5, 0.6) is 5.75 Å². The Morgan fingerprint density at radius 2 is 0.956 bits per heavy atom. The summed E-state index contributed by atoms with van der Waals surface area (Å²) < 4.78 is 64.1. The molecule has 1 atom stereocenters. The van der Waals surface area contributed by atoms with Crippen molar-refractivity contribution < 1.29 is 56.4 Å². The summed E-state index contributed by atoms with van der Waals surface area (Å²) in [5.74, 6) is 0.966. The second kappa shape index (κ2) is 31.4. The van der Waals surface area contributed by atoms with E-state index < -0.39 is 7.82 Å². The summed E-state index contributed by atoms with van der Waals surface area (Å²) in [6, 6.07) is 8.31. The summed E-state index contributed by atoms with van der Waals surface area (Å²) in [5, 5.41) is 0. The molecule has 1 N–H and O–H groups in total. The molecule has 0 aromatic heterocycles. The van der Waals surface area contributed by atoms with E-state index in [0.717, 1.165) is 19.3 Å². The number of unbranched alkanes of at least 4 members (excludes halogenated alkanes) is 6. The number of benzene rings is 1. The lowest BCUT2D eigenvalue weighted by molar-refractivity contribution is -0.0221. The highest BCUT2D eigenvalue weighted by atomic mass is 31.2. The van der Waals surface area contributed by atoms with Crippen molar-refractivity contribution in [3.05, 3.63) is 29.8 Å². The third kappa shape index (κ3) is 27.7. The number of phosphoric ester groups is 1. The van der Waals surface area contributed by atoms with E-state index in [4.69, 9.17) is 42.8 Å². The molecular formula is C32H59O12P. The Kier molecular flexibility index (Phi) is 29.3. The van der Waals surface area contributed by atoms with Crippen LogP contribution in [-0.4, -0.2) is 118 Å². The molecule has 0 aliphatic heterocycles. The molecule has 1 aromatic rings. The molecule has 1 aromatic carbocycles. The minimum Gasteiger partial charge on any atom is -0.491 e. The Morgan fingerprint density at radius 1 is 0.556 bits per heavy atom. The van der Waals surface area contributed by atoms with Gasteiger partial charge in [0.2, 0.25) is 0 Å². The van der Waals surface area contributed by atoms with Gasteiger partial charge in [-0.3, -0.25) is 9.05 Å². The minimum atomic E-state index is -3.94. The van der Waals surface area contributed by atoms with Crippen molar-refractivity contribution in [2.45, 2.75) is 58.3 Å². The van der Waals surface area contributed by atoms with Crippen LogP contribution in [0.25, 0.3) is 0 Å². The molecule has 0 saturated heterocycles. The fourth-order valence-electron chi connectivity index (χ4n) is 4.02. The van der Waals surface area contributed by atoms with E-state index in [1.54, 1.807) is 0 Å². The molecule has 0 aliphatic rings. The van der Waals surface area contributed by atoms with Crippen molar-refractivity contribution in [1.82, 2.24) is 0 Å². The monoisotopic (exact) mass is 666 g/mol. The second-order valence-corrected chi connectivity index (χ2v) is 11.7. The fraction of sp³-hybridized carbons (Fsp3) is 0.812. The number of hydrogen-bond acceptors (Lipinski definition) is 11. The number of hydrogen-bond donors (Lipinski definition) is 1. The van der Waals surface area contributed by atoms with Gasteiger partial charge in [-0.2, -0.15) is 0 Å². The van der Waals surface area contributed by atoms with Gasteiger partial charge < -0.3 is 42.8 Å². The maximum absolute atomic E-state index is 11.1. The van der Waals surface area contributed by atoms with Gasteiger partial charge >= 0.3 is 7.82 Å². The predicted molar refractivity (Wildman–Crippen MR) is 172 cm³/mol. The Bertz CT molecular complexity index is 816. The van der Waals surface area contributed by atoms with Gasteiger partial charge in [-0.1, -0.05) is 63.6 Å². The number of ether oxygens (including phenoxy) is 8. The van der Waals surface area contributed by atoms with E-state index in [2.05, 4.69) is 28.1 Å². The molecule has 264 valence electrons. The molecular weight excluding hydrogens is 607 g/mol. The Hall–Kier alpha value is -1.15. The molecule has 1 rings (SSSR count). The molecule has 0 saturated carbocycles. The molecule has 13 heteroatoms.